The van der Waals surface area contributed by atoms with Crippen molar-refractivity contribution in [3.05, 3.63) is 69.2 Å². The summed E-state index contributed by atoms with van der Waals surface area (Å²) in [5.41, 5.74) is 2.70. The van der Waals surface area contributed by atoms with Crippen LogP contribution in [-0.4, -0.2) is 32.3 Å². The number of halogens is 2. The summed E-state index contributed by atoms with van der Waals surface area (Å²) in [5, 5.41) is 14.2. The Morgan fingerprint density at radius 3 is 2.52 bits per heavy atom. The van der Waals surface area contributed by atoms with Crippen molar-refractivity contribution in [1.29, 1.82) is 0 Å². The second-order valence-corrected chi connectivity index (χ2v) is 8.73. The van der Waals surface area contributed by atoms with Crippen molar-refractivity contribution < 1.29 is 14.0 Å². The molecule has 0 bridgehead atoms. The van der Waals surface area contributed by atoms with E-state index in [1.165, 1.54) is 30.0 Å². The summed E-state index contributed by atoms with van der Waals surface area (Å²) in [5.74, 6) is -0.628. The Bertz CT molecular complexity index is 1110. The summed E-state index contributed by atoms with van der Waals surface area (Å²) in [4.78, 5) is 24.6. The van der Waals surface area contributed by atoms with Crippen LogP contribution in [0, 0.1) is 19.7 Å². The maximum absolute atomic E-state index is 13.7. The molecule has 1 heterocycles. The number of anilines is 1. The quantitative estimate of drug-likeness (QED) is 0.473. The standard InChI is InChI=1S/C21H21BrFN5O2S/c1-12-8-14(22)9-13(2)19(12)25-18(29)11-31-21-27-26-17(28(21)3)10-24-20(30)15-6-4-5-7-16(15)23/h4-9H,10-11H2,1-3H3,(H,24,30)(H,25,29). The van der Waals surface area contributed by atoms with E-state index in [1.54, 1.807) is 17.7 Å². The van der Waals surface area contributed by atoms with Gasteiger partial charge in [0.15, 0.2) is 11.0 Å². The summed E-state index contributed by atoms with van der Waals surface area (Å²) in [6.45, 7) is 3.96. The predicted molar refractivity (Wildman–Crippen MR) is 122 cm³/mol. The topological polar surface area (TPSA) is 88.9 Å². The van der Waals surface area contributed by atoms with E-state index in [9.17, 15) is 14.0 Å². The van der Waals surface area contributed by atoms with Gasteiger partial charge in [-0.1, -0.05) is 39.8 Å². The fourth-order valence-corrected chi connectivity index (χ4v) is 4.35. The Balaban J connectivity index is 1.56. The average Bonchev–Trinajstić information content (AvgIpc) is 3.07. The van der Waals surface area contributed by atoms with Crippen LogP contribution in [0.5, 0.6) is 0 Å². The second-order valence-electron chi connectivity index (χ2n) is 6.87. The minimum absolute atomic E-state index is 0.0329. The van der Waals surface area contributed by atoms with Gasteiger partial charge in [0.05, 0.1) is 17.9 Å². The van der Waals surface area contributed by atoms with E-state index in [2.05, 4.69) is 36.8 Å². The Labute approximate surface area is 192 Å². The number of aryl methyl sites for hydroxylation is 2. The van der Waals surface area contributed by atoms with Crippen LogP contribution in [0.1, 0.15) is 27.3 Å². The highest BCUT2D eigenvalue weighted by Gasteiger charge is 2.15. The number of benzene rings is 2. The van der Waals surface area contributed by atoms with Crippen molar-refractivity contribution in [2.24, 2.45) is 7.05 Å². The largest absolute Gasteiger partial charge is 0.345 e. The highest BCUT2D eigenvalue weighted by atomic mass is 79.9. The molecule has 0 aliphatic carbocycles. The number of hydrogen-bond acceptors (Lipinski definition) is 5. The third kappa shape index (κ3) is 5.71. The van der Waals surface area contributed by atoms with Gasteiger partial charge in [-0.2, -0.15) is 0 Å². The first-order valence-electron chi connectivity index (χ1n) is 9.36. The maximum atomic E-state index is 13.7. The first-order chi connectivity index (χ1) is 14.8. The van der Waals surface area contributed by atoms with Crippen LogP contribution in [0.15, 0.2) is 46.0 Å². The van der Waals surface area contributed by atoms with Crippen LogP contribution in [0.4, 0.5) is 10.1 Å². The van der Waals surface area contributed by atoms with Crippen molar-refractivity contribution in [2.75, 3.05) is 11.1 Å². The minimum Gasteiger partial charge on any atom is -0.345 e. The summed E-state index contributed by atoms with van der Waals surface area (Å²) < 4.78 is 16.4. The molecule has 2 aromatic carbocycles. The molecule has 0 atom stereocenters. The lowest BCUT2D eigenvalue weighted by molar-refractivity contribution is -0.113. The zero-order chi connectivity index (χ0) is 22.5. The Morgan fingerprint density at radius 2 is 1.84 bits per heavy atom. The number of carbonyl (C=O) groups is 2. The molecule has 0 unspecified atom stereocenters. The van der Waals surface area contributed by atoms with Gasteiger partial charge in [0, 0.05) is 17.2 Å². The van der Waals surface area contributed by atoms with Crippen molar-refractivity contribution in [3.63, 3.8) is 0 Å². The third-order valence-corrected chi connectivity index (χ3v) is 6.02. The lowest BCUT2D eigenvalue weighted by Gasteiger charge is -2.12. The van der Waals surface area contributed by atoms with E-state index < -0.39 is 11.7 Å². The number of thioether (sulfide) groups is 1. The third-order valence-electron chi connectivity index (χ3n) is 4.54. The molecule has 0 radical (unpaired) electrons. The van der Waals surface area contributed by atoms with Crippen LogP contribution in [-0.2, 0) is 18.4 Å². The molecule has 31 heavy (non-hydrogen) atoms. The van der Waals surface area contributed by atoms with E-state index in [1.807, 2.05) is 26.0 Å². The van der Waals surface area contributed by atoms with Gasteiger partial charge in [0.1, 0.15) is 5.82 Å². The number of nitrogens with one attached hydrogen (secondary N) is 2. The monoisotopic (exact) mass is 505 g/mol. The number of carbonyl (C=O) groups excluding carboxylic acids is 2. The molecule has 2 N–H and O–H groups in total. The Kier molecular flexibility index (Phi) is 7.45. The van der Waals surface area contributed by atoms with Gasteiger partial charge in [0.2, 0.25) is 5.91 Å². The van der Waals surface area contributed by atoms with Gasteiger partial charge in [-0.25, -0.2) is 4.39 Å². The van der Waals surface area contributed by atoms with E-state index in [0.717, 1.165) is 21.3 Å². The van der Waals surface area contributed by atoms with Gasteiger partial charge in [-0.15, -0.1) is 10.2 Å². The van der Waals surface area contributed by atoms with Crippen LogP contribution in [0.2, 0.25) is 0 Å². The highest BCUT2D eigenvalue weighted by molar-refractivity contribution is 9.10. The number of aromatic nitrogens is 3. The number of nitrogens with zero attached hydrogens (tertiary/aromatic N) is 3. The fourth-order valence-electron chi connectivity index (χ4n) is 2.94. The minimum atomic E-state index is -0.587. The van der Waals surface area contributed by atoms with E-state index in [0.29, 0.717) is 11.0 Å². The molecule has 0 aliphatic rings. The molecular weight excluding hydrogens is 485 g/mol. The Morgan fingerprint density at radius 1 is 1.16 bits per heavy atom. The summed E-state index contributed by atoms with van der Waals surface area (Å²) in [6, 6.07) is 9.65. The van der Waals surface area contributed by atoms with Gasteiger partial charge >= 0.3 is 0 Å². The van der Waals surface area contributed by atoms with Crippen molar-refractivity contribution >= 4 is 45.2 Å². The van der Waals surface area contributed by atoms with Crippen LogP contribution in [0.3, 0.4) is 0 Å². The van der Waals surface area contributed by atoms with Crippen LogP contribution >= 0.6 is 27.7 Å². The Hall–Kier alpha value is -2.72. The number of hydrogen-bond donors (Lipinski definition) is 2. The zero-order valence-corrected chi connectivity index (χ0v) is 19.6. The predicted octanol–water partition coefficient (Wildman–Crippen LogP) is 3.99. The van der Waals surface area contributed by atoms with Crippen LogP contribution < -0.4 is 10.6 Å². The molecule has 2 amide bonds. The molecule has 3 aromatic rings. The molecule has 0 saturated carbocycles. The van der Waals surface area contributed by atoms with Crippen molar-refractivity contribution in [2.45, 2.75) is 25.5 Å². The molecule has 10 heteroatoms. The first-order valence-corrected chi connectivity index (χ1v) is 11.1. The zero-order valence-electron chi connectivity index (χ0n) is 17.2. The molecule has 0 saturated heterocycles. The second kappa shape index (κ2) is 10.1. The number of amides is 2. The van der Waals surface area contributed by atoms with Gasteiger partial charge < -0.3 is 15.2 Å². The average molecular weight is 506 g/mol. The highest BCUT2D eigenvalue weighted by Crippen LogP contribution is 2.25. The summed E-state index contributed by atoms with van der Waals surface area (Å²) >= 11 is 4.68. The molecule has 3 rings (SSSR count). The van der Waals surface area contributed by atoms with E-state index in [4.69, 9.17) is 0 Å². The molecule has 0 spiro atoms. The first kappa shape index (κ1) is 23.0. The maximum Gasteiger partial charge on any atom is 0.254 e. The lowest BCUT2D eigenvalue weighted by Crippen LogP contribution is -2.25. The van der Waals surface area contributed by atoms with Gasteiger partial charge in [0.25, 0.3) is 5.91 Å². The fraction of sp³-hybridized carbons (Fsp3) is 0.238. The SMILES string of the molecule is Cc1cc(Br)cc(C)c1NC(=O)CSc1nnc(CNC(=O)c2ccccc2F)n1C. The molecule has 7 nitrogen and oxygen atoms in total. The smallest absolute Gasteiger partial charge is 0.254 e. The molecule has 0 aliphatic heterocycles. The molecule has 0 fully saturated rings. The van der Waals surface area contributed by atoms with Crippen molar-refractivity contribution in [1.82, 2.24) is 20.1 Å². The number of rotatable bonds is 7. The summed E-state index contributed by atoms with van der Waals surface area (Å²) in [6.07, 6.45) is 0. The molecular formula is C21H21BrFN5O2S. The van der Waals surface area contributed by atoms with Gasteiger partial charge in [-0.3, -0.25) is 9.59 Å². The van der Waals surface area contributed by atoms with Gasteiger partial charge in [-0.05, 0) is 49.2 Å². The normalized spacial score (nSPS) is 10.7. The van der Waals surface area contributed by atoms with Crippen LogP contribution in [0.25, 0.3) is 0 Å². The summed E-state index contributed by atoms with van der Waals surface area (Å²) in [7, 11) is 1.74. The lowest BCUT2D eigenvalue weighted by atomic mass is 10.1. The van der Waals surface area contributed by atoms with E-state index >= 15 is 0 Å². The van der Waals surface area contributed by atoms with Crippen molar-refractivity contribution in [3.8, 4) is 0 Å². The molecule has 162 valence electrons. The van der Waals surface area contributed by atoms with E-state index in [-0.39, 0.29) is 23.8 Å². The molecule has 1 aromatic heterocycles.